The van der Waals surface area contributed by atoms with Gasteiger partial charge in [0.25, 0.3) is 0 Å². The van der Waals surface area contributed by atoms with E-state index >= 15 is 0 Å². The van der Waals surface area contributed by atoms with Crippen molar-refractivity contribution in [2.75, 3.05) is 0 Å². The van der Waals surface area contributed by atoms with E-state index in [0.29, 0.717) is 0 Å². The number of alkyl halides is 3. The maximum absolute atomic E-state index is 12.3. The third kappa shape index (κ3) is 5.30. The Balaban J connectivity index is 2.99. The zero-order valence-corrected chi connectivity index (χ0v) is 12.7. The maximum atomic E-state index is 12.3. The van der Waals surface area contributed by atoms with Crippen LogP contribution in [0.25, 0.3) is 0 Å². The van der Waals surface area contributed by atoms with E-state index in [9.17, 15) is 26.4 Å². The summed E-state index contributed by atoms with van der Waals surface area (Å²) in [7, 11) is -4.35. The number of hydrogen-bond acceptors (Lipinski definition) is 3. The van der Waals surface area contributed by atoms with Crippen molar-refractivity contribution in [2.24, 2.45) is 0 Å². The lowest BCUT2D eigenvalue weighted by Gasteiger charge is -2.16. The Bertz CT molecular complexity index is 624. The van der Waals surface area contributed by atoms with E-state index in [1.54, 1.807) is 4.72 Å². The molecule has 2 N–H and O–H groups in total. The van der Waals surface area contributed by atoms with Crippen LogP contribution in [0.4, 0.5) is 13.2 Å². The molecule has 0 spiro atoms. The summed E-state index contributed by atoms with van der Waals surface area (Å²) in [6, 6.07) is 3.24. The molecule has 124 valence electrons. The molecule has 0 aromatic heterocycles. The van der Waals surface area contributed by atoms with E-state index in [1.165, 1.54) is 24.3 Å². The van der Waals surface area contributed by atoms with Gasteiger partial charge in [0, 0.05) is 0 Å². The molecule has 1 unspecified atom stereocenters. The van der Waals surface area contributed by atoms with Crippen LogP contribution in [0.2, 0.25) is 0 Å². The molecule has 0 saturated heterocycles. The van der Waals surface area contributed by atoms with Gasteiger partial charge in [0.15, 0.2) is 0 Å². The van der Waals surface area contributed by atoms with Crippen molar-refractivity contribution in [1.29, 1.82) is 0 Å². The fraction of sp³-hybridized carbons (Fsp3) is 0.462. The first kappa shape index (κ1) is 18.4. The topological polar surface area (TPSA) is 83.5 Å². The van der Waals surface area contributed by atoms with Gasteiger partial charge in [-0.2, -0.15) is 17.9 Å². The molecule has 0 bridgehead atoms. The van der Waals surface area contributed by atoms with E-state index < -0.39 is 34.6 Å². The van der Waals surface area contributed by atoms with Crippen LogP contribution in [0.15, 0.2) is 29.2 Å². The van der Waals surface area contributed by atoms with Gasteiger partial charge in [0.1, 0.15) is 6.04 Å². The number of nitrogens with one attached hydrogen (secondary N) is 1. The molecule has 5 nitrogen and oxygen atoms in total. The Kier molecular flexibility index (Phi) is 5.58. The standard InChI is InChI=1S/C13H16F3NO4S/c1-8(2)9-3-5-10(6-4-9)22(20,21)17-11(12(18)19)7-13(14,15)16/h3-6,8,11,17H,7H2,1-2H3,(H,18,19). The smallest absolute Gasteiger partial charge is 0.391 e. The predicted octanol–water partition coefficient (Wildman–Crippen LogP) is 2.49. The Morgan fingerprint density at radius 3 is 2.09 bits per heavy atom. The van der Waals surface area contributed by atoms with Gasteiger partial charge in [-0.25, -0.2) is 8.42 Å². The summed E-state index contributed by atoms with van der Waals surface area (Å²) in [6.45, 7) is 3.79. The first-order chi connectivity index (χ1) is 9.92. The number of carboxylic acid groups (broad SMARTS) is 1. The Morgan fingerprint density at radius 2 is 1.73 bits per heavy atom. The van der Waals surface area contributed by atoms with Gasteiger partial charge < -0.3 is 5.11 Å². The summed E-state index contributed by atoms with van der Waals surface area (Å²) < 4.78 is 62.4. The molecule has 22 heavy (non-hydrogen) atoms. The summed E-state index contributed by atoms with van der Waals surface area (Å²) in [5, 5.41) is 8.74. The molecule has 0 aliphatic rings. The van der Waals surface area contributed by atoms with E-state index in [0.717, 1.165) is 5.56 Å². The fourth-order valence-electron chi connectivity index (χ4n) is 1.70. The van der Waals surface area contributed by atoms with Gasteiger partial charge in [-0.1, -0.05) is 26.0 Å². The minimum absolute atomic E-state index is 0.154. The second kappa shape index (κ2) is 6.66. The van der Waals surface area contributed by atoms with Crippen molar-refractivity contribution in [1.82, 2.24) is 4.72 Å². The van der Waals surface area contributed by atoms with Gasteiger partial charge in [-0.15, -0.1) is 0 Å². The van der Waals surface area contributed by atoms with Crippen molar-refractivity contribution in [2.45, 2.75) is 43.3 Å². The number of aliphatic carboxylic acids is 1. The highest BCUT2D eigenvalue weighted by molar-refractivity contribution is 7.89. The highest BCUT2D eigenvalue weighted by Gasteiger charge is 2.37. The van der Waals surface area contributed by atoms with E-state index in [2.05, 4.69) is 0 Å². The average molecular weight is 339 g/mol. The number of hydrogen-bond donors (Lipinski definition) is 2. The summed E-state index contributed by atoms with van der Waals surface area (Å²) >= 11 is 0. The summed E-state index contributed by atoms with van der Waals surface area (Å²) in [6.07, 6.45) is -6.58. The highest BCUT2D eigenvalue weighted by Crippen LogP contribution is 2.23. The molecule has 0 radical (unpaired) electrons. The van der Waals surface area contributed by atoms with Crippen molar-refractivity contribution >= 4 is 16.0 Å². The normalized spacial score (nSPS) is 14.1. The number of sulfonamides is 1. The van der Waals surface area contributed by atoms with Crippen LogP contribution in [-0.4, -0.2) is 31.7 Å². The second-order valence-corrected chi connectivity index (χ2v) is 6.77. The number of carboxylic acids is 1. The first-order valence-corrected chi connectivity index (χ1v) is 7.82. The summed E-state index contributed by atoms with van der Waals surface area (Å²) in [4.78, 5) is 10.5. The van der Waals surface area contributed by atoms with Gasteiger partial charge in [-0.05, 0) is 23.6 Å². The maximum Gasteiger partial charge on any atom is 0.391 e. The molecule has 0 heterocycles. The van der Waals surface area contributed by atoms with Crippen molar-refractivity contribution in [3.63, 3.8) is 0 Å². The van der Waals surface area contributed by atoms with Gasteiger partial charge in [0.05, 0.1) is 11.3 Å². The van der Waals surface area contributed by atoms with Crippen molar-refractivity contribution in [3.05, 3.63) is 29.8 Å². The minimum Gasteiger partial charge on any atom is -0.480 e. The predicted molar refractivity (Wildman–Crippen MR) is 72.9 cm³/mol. The zero-order chi connectivity index (χ0) is 17.1. The van der Waals surface area contributed by atoms with Crippen molar-refractivity contribution < 1.29 is 31.5 Å². The van der Waals surface area contributed by atoms with Crippen LogP contribution in [0.1, 0.15) is 31.7 Å². The minimum atomic E-state index is -4.80. The number of benzene rings is 1. The molecule has 1 atom stereocenters. The lowest BCUT2D eigenvalue weighted by molar-refractivity contribution is -0.157. The van der Waals surface area contributed by atoms with Crippen molar-refractivity contribution in [3.8, 4) is 0 Å². The molecule has 0 saturated carbocycles. The summed E-state index contributed by atoms with van der Waals surface area (Å²) in [5.74, 6) is -1.73. The monoisotopic (exact) mass is 339 g/mol. The van der Waals surface area contributed by atoms with Crippen LogP contribution >= 0.6 is 0 Å². The lowest BCUT2D eigenvalue weighted by Crippen LogP contribution is -2.43. The quantitative estimate of drug-likeness (QED) is 0.834. The third-order valence-corrected chi connectivity index (χ3v) is 4.38. The van der Waals surface area contributed by atoms with E-state index in [1.807, 2.05) is 13.8 Å². The zero-order valence-electron chi connectivity index (χ0n) is 11.9. The largest absolute Gasteiger partial charge is 0.480 e. The Labute approximate surface area is 126 Å². The van der Waals surface area contributed by atoms with Crippen LogP contribution < -0.4 is 4.72 Å². The van der Waals surface area contributed by atoms with Gasteiger partial charge in [0.2, 0.25) is 10.0 Å². The molecular weight excluding hydrogens is 323 g/mol. The fourth-order valence-corrected chi connectivity index (χ4v) is 2.89. The van der Waals surface area contributed by atoms with Crippen LogP contribution in [0.3, 0.4) is 0 Å². The first-order valence-electron chi connectivity index (χ1n) is 6.34. The average Bonchev–Trinajstić information content (AvgIpc) is 2.36. The van der Waals surface area contributed by atoms with E-state index in [4.69, 9.17) is 5.11 Å². The number of carbonyl (C=O) groups is 1. The highest BCUT2D eigenvalue weighted by atomic mass is 32.2. The van der Waals surface area contributed by atoms with Crippen LogP contribution in [0, 0.1) is 0 Å². The molecule has 0 aliphatic carbocycles. The number of halogens is 3. The molecule has 0 amide bonds. The van der Waals surface area contributed by atoms with E-state index in [-0.39, 0.29) is 10.8 Å². The second-order valence-electron chi connectivity index (χ2n) is 5.06. The lowest BCUT2D eigenvalue weighted by atomic mass is 10.0. The van der Waals surface area contributed by atoms with Gasteiger partial charge in [-0.3, -0.25) is 4.79 Å². The molecule has 1 aromatic carbocycles. The molecule has 0 aliphatic heterocycles. The molecule has 1 aromatic rings. The van der Waals surface area contributed by atoms with Crippen LogP contribution in [-0.2, 0) is 14.8 Å². The third-order valence-electron chi connectivity index (χ3n) is 2.89. The molecule has 0 fully saturated rings. The number of rotatable bonds is 6. The molecule has 1 rings (SSSR count). The molecular formula is C13H16F3NO4S. The van der Waals surface area contributed by atoms with Crippen LogP contribution in [0.5, 0.6) is 0 Å². The summed E-state index contributed by atoms with van der Waals surface area (Å²) in [5.41, 5.74) is 0.851. The SMILES string of the molecule is CC(C)c1ccc(S(=O)(=O)NC(CC(F)(F)F)C(=O)O)cc1. The Morgan fingerprint density at radius 1 is 1.23 bits per heavy atom. The molecule has 9 heteroatoms. The Hall–Kier alpha value is -1.61. The van der Waals surface area contributed by atoms with Gasteiger partial charge >= 0.3 is 12.1 Å².